The Balaban J connectivity index is 0.00000180. The smallest absolute Gasteiger partial charge is 0.194 e. The summed E-state index contributed by atoms with van der Waals surface area (Å²) in [7, 11) is 0. The molecule has 1 fully saturated rings. The zero-order chi connectivity index (χ0) is 13.3. The minimum atomic E-state index is -1.51. The molecule has 0 saturated heterocycles. The molecule has 0 radical (unpaired) electrons. The lowest BCUT2D eigenvalue weighted by molar-refractivity contribution is 0.0842. The normalized spacial score (nSPS) is 19.0. The Morgan fingerprint density at radius 1 is 1.11 bits per heavy atom. The third-order valence-electron chi connectivity index (χ3n) is 3.64. The van der Waals surface area contributed by atoms with E-state index < -0.39 is 29.6 Å². The van der Waals surface area contributed by atoms with Gasteiger partial charge in [-0.15, -0.1) is 12.4 Å². The Bertz CT molecular complexity index is 415. The third kappa shape index (κ3) is 3.41. The van der Waals surface area contributed by atoms with Gasteiger partial charge in [0.05, 0.1) is 12.1 Å². The second kappa shape index (κ2) is 6.59. The maximum Gasteiger partial charge on any atom is 0.194 e. The standard InChI is InChI=1S/C13H16F3NO.ClH/c14-9-5-8(6-10(15)11(9)16)12(17)13(18)7-3-1-2-4-7;/h5-7,12-13,18H,1-4,17H2;1H/t12-,13+;/m1./s1. The quantitative estimate of drug-likeness (QED) is 0.842. The Labute approximate surface area is 116 Å². The van der Waals surface area contributed by atoms with Gasteiger partial charge in [-0.05, 0) is 36.5 Å². The van der Waals surface area contributed by atoms with E-state index in [-0.39, 0.29) is 23.9 Å². The lowest BCUT2D eigenvalue weighted by Crippen LogP contribution is -2.32. The molecule has 6 heteroatoms. The number of rotatable bonds is 3. The first kappa shape index (κ1) is 16.3. The number of halogens is 4. The largest absolute Gasteiger partial charge is 0.391 e. The highest BCUT2D eigenvalue weighted by Crippen LogP contribution is 2.33. The van der Waals surface area contributed by atoms with Crippen molar-refractivity contribution in [3.05, 3.63) is 35.1 Å². The summed E-state index contributed by atoms with van der Waals surface area (Å²) in [6.45, 7) is 0. The fourth-order valence-corrected chi connectivity index (χ4v) is 2.56. The number of aliphatic hydroxyl groups excluding tert-OH is 1. The van der Waals surface area contributed by atoms with Crippen molar-refractivity contribution in [2.24, 2.45) is 11.7 Å². The number of nitrogens with two attached hydrogens (primary N) is 1. The monoisotopic (exact) mass is 295 g/mol. The molecule has 3 N–H and O–H groups in total. The van der Waals surface area contributed by atoms with E-state index in [1.807, 2.05) is 0 Å². The fraction of sp³-hybridized carbons (Fsp3) is 0.538. The van der Waals surface area contributed by atoms with Crippen LogP contribution in [0.3, 0.4) is 0 Å². The van der Waals surface area contributed by atoms with Crippen LogP contribution < -0.4 is 5.73 Å². The van der Waals surface area contributed by atoms with E-state index in [4.69, 9.17) is 5.73 Å². The number of hydrogen-bond donors (Lipinski definition) is 2. The first-order valence-corrected chi connectivity index (χ1v) is 6.09. The molecule has 2 rings (SSSR count). The van der Waals surface area contributed by atoms with E-state index in [1.165, 1.54) is 0 Å². The number of benzene rings is 1. The molecular weight excluding hydrogens is 279 g/mol. The van der Waals surface area contributed by atoms with Gasteiger partial charge in [0.15, 0.2) is 17.5 Å². The van der Waals surface area contributed by atoms with Gasteiger partial charge in [-0.1, -0.05) is 12.8 Å². The number of hydrogen-bond acceptors (Lipinski definition) is 2. The van der Waals surface area contributed by atoms with Gasteiger partial charge in [0.1, 0.15) is 0 Å². The average molecular weight is 296 g/mol. The van der Waals surface area contributed by atoms with Gasteiger partial charge < -0.3 is 10.8 Å². The maximum atomic E-state index is 13.1. The molecule has 0 bridgehead atoms. The van der Waals surface area contributed by atoms with Crippen molar-refractivity contribution in [1.29, 1.82) is 0 Å². The van der Waals surface area contributed by atoms with Crippen LogP contribution in [-0.2, 0) is 0 Å². The van der Waals surface area contributed by atoms with E-state index in [2.05, 4.69) is 0 Å². The van der Waals surface area contributed by atoms with E-state index in [9.17, 15) is 18.3 Å². The van der Waals surface area contributed by atoms with Crippen molar-refractivity contribution in [3.8, 4) is 0 Å². The molecule has 0 unspecified atom stereocenters. The Kier molecular flexibility index (Phi) is 5.64. The summed E-state index contributed by atoms with van der Waals surface area (Å²) in [5.74, 6) is -4.02. The Morgan fingerprint density at radius 2 is 1.58 bits per heavy atom. The van der Waals surface area contributed by atoms with Gasteiger partial charge in [0, 0.05) is 0 Å². The van der Waals surface area contributed by atoms with Crippen molar-refractivity contribution in [2.45, 2.75) is 37.8 Å². The van der Waals surface area contributed by atoms with E-state index >= 15 is 0 Å². The summed E-state index contributed by atoms with van der Waals surface area (Å²) in [5.41, 5.74) is 5.89. The molecule has 2 nitrogen and oxygen atoms in total. The summed E-state index contributed by atoms with van der Waals surface area (Å²) in [6.07, 6.45) is 2.93. The molecule has 0 spiro atoms. The molecule has 1 aromatic rings. The fourth-order valence-electron chi connectivity index (χ4n) is 2.56. The Hall–Kier alpha value is -0.780. The summed E-state index contributed by atoms with van der Waals surface area (Å²) >= 11 is 0. The molecule has 1 aromatic carbocycles. The van der Waals surface area contributed by atoms with Crippen LogP contribution in [0.1, 0.15) is 37.3 Å². The molecule has 1 aliphatic rings. The highest BCUT2D eigenvalue weighted by Gasteiger charge is 2.29. The van der Waals surface area contributed by atoms with Gasteiger partial charge in [0.2, 0.25) is 0 Å². The maximum absolute atomic E-state index is 13.1. The van der Waals surface area contributed by atoms with Crippen LogP contribution in [-0.4, -0.2) is 11.2 Å². The first-order valence-electron chi connectivity index (χ1n) is 6.09. The van der Waals surface area contributed by atoms with Crippen molar-refractivity contribution >= 4 is 12.4 Å². The van der Waals surface area contributed by atoms with Crippen LogP contribution in [0.4, 0.5) is 13.2 Å². The van der Waals surface area contributed by atoms with Crippen LogP contribution in [0, 0.1) is 23.4 Å². The summed E-state index contributed by atoms with van der Waals surface area (Å²) in [5, 5.41) is 10.1. The second-order valence-electron chi connectivity index (χ2n) is 4.86. The SMILES string of the molecule is Cl.N[C@H](c1cc(F)c(F)c(F)c1)[C@@H](O)C1CCCC1. The lowest BCUT2D eigenvalue weighted by atomic mass is 9.91. The van der Waals surface area contributed by atoms with Gasteiger partial charge in [-0.25, -0.2) is 13.2 Å². The highest BCUT2D eigenvalue weighted by molar-refractivity contribution is 5.85. The molecule has 1 saturated carbocycles. The molecule has 2 atom stereocenters. The van der Waals surface area contributed by atoms with Crippen LogP contribution in [0.5, 0.6) is 0 Å². The van der Waals surface area contributed by atoms with E-state index in [0.29, 0.717) is 0 Å². The molecule has 19 heavy (non-hydrogen) atoms. The van der Waals surface area contributed by atoms with Crippen molar-refractivity contribution in [3.63, 3.8) is 0 Å². The van der Waals surface area contributed by atoms with Crippen LogP contribution in [0.25, 0.3) is 0 Å². The molecule has 0 amide bonds. The van der Waals surface area contributed by atoms with E-state index in [0.717, 1.165) is 37.8 Å². The number of aliphatic hydroxyl groups is 1. The van der Waals surface area contributed by atoms with Crippen LogP contribution in [0.15, 0.2) is 12.1 Å². The lowest BCUT2D eigenvalue weighted by Gasteiger charge is -2.24. The molecule has 108 valence electrons. The van der Waals surface area contributed by atoms with Crippen molar-refractivity contribution < 1.29 is 18.3 Å². The molecule has 0 heterocycles. The average Bonchev–Trinajstić information content (AvgIpc) is 2.87. The summed E-state index contributed by atoms with van der Waals surface area (Å²) in [4.78, 5) is 0. The predicted octanol–water partition coefficient (Wildman–Crippen LogP) is 3.08. The highest BCUT2D eigenvalue weighted by atomic mass is 35.5. The molecular formula is C13H17ClF3NO. The minimum absolute atomic E-state index is 0. The van der Waals surface area contributed by atoms with Crippen molar-refractivity contribution in [2.75, 3.05) is 0 Å². The first-order chi connectivity index (χ1) is 8.50. The molecule has 0 aromatic heterocycles. The van der Waals surface area contributed by atoms with Gasteiger partial charge in [0.25, 0.3) is 0 Å². The Morgan fingerprint density at radius 3 is 2.05 bits per heavy atom. The van der Waals surface area contributed by atoms with Crippen LogP contribution >= 0.6 is 12.4 Å². The summed E-state index contributed by atoms with van der Waals surface area (Å²) in [6, 6.07) is 0.806. The molecule has 1 aliphatic carbocycles. The van der Waals surface area contributed by atoms with Crippen LogP contribution in [0.2, 0.25) is 0 Å². The van der Waals surface area contributed by atoms with E-state index in [1.54, 1.807) is 0 Å². The summed E-state index contributed by atoms with van der Waals surface area (Å²) < 4.78 is 39.0. The third-order valence-corrected chi connectivity index (χ3v) is 3.64. The van der Waals surface area contributed by atoms with Gasteiger partial charge in [-0.2, -0.15) is 0 Å². The molecule has 0 aliphatic heterocycles. The second-order valence-corrected chi connectivity index (χ2v) is 4.86. The topological polar surface area (TPSA) is 46.2 Å². The minimum Gasteiger partial charge on any atom is -0.391 e. The zero-order valence-corrected chi connectivity index (χ0v) is 11.1. The van der Waals surface area contributed by atoms with Gasteiger partial charge in [-0.3, -0.25) is 0 Å². The van der Waals surface area contributed by atoms with Crippen molar-refractivity contribution in [1.82, 2.24) is 0 Å². The predicted molar refractivity (Wildman–Crippen MR) is 68.5 cm³/mol. The zero-order valence-electron chi connectivity index (χ0n) is 10.3. The van der Waals surface area contributed by atoms with Gasteiger partial charge >= 0.3 is 0 Å².